The zero-order valence-electron chi connectivity index (χ0n) is 17.1. The van der Waals surface area contributed by atoms with Gasteiger partial charge in [-0.2, -0.15) is 0 Å². The fourth-order valence-corrected chi connectivity index (χ4v) is 4.20. The molecule has 2 aliphatic heterocycles. The predicted molar refractivity (Wildman–Crippen MR) is 114 cm³/mol. The highest BCUT2D eigenvalue weighted by atomic mass is 35.5. The molecule has 0 aliphatic carbocycles. The number of amides is 1. The van der Waals surface area contributed by atoms with Gasteiger partial charge in [-0.3, -0.25) is 9.69 Å². The minimum atomic E-state index is -0.137. The zero-order chi connectivity index (χ0) is 21.1. The number of hydrogen-bond donors (Lipinski definition) is 1. The number of nitrogens with zero attached hydrogens (tertiary/aromatic N) is 1. The lowest BCUT2D eigenvalue weighted by atomic mass is 10.0. The van der Waals surface area contributed by atoms with Crippen molar-refractivity contribution in [3.63, 3.8) is 0 Å². The van der Waals surface area contributed by atoms with Crippen LogP contribution in [0, 0.1) is 0 Å². The lowest BCUT2D eigenvalue weighted by Crippen LogP contribution is -2.33. The number of nitrogens with one attached hydrogen (secondary N) is 1. The largest absolute Gasteiger partial charge is 0.497 e. The molecule has 0 spiro atoms. The van der Waals surface area contributed by atoms with E-state index in [-0.39, 0.29) is 18.5 Å². The number of fused-ring (bicyclic) bond motifs is 1. The highest BCUT2D eigenvalue weighted by molar-refractivity contribution is 6.34. The van der Waals surface area contributed by atoms with Gasteiger partial charge in [0.15, 0.2) is 11.5 Å². The number of carbonyl (C=O) groups excluding carboxylic acids is 1. The van der Waals surface area contributed by atoms with E-state index in [1.54, 1.807) is 26.4 Å². The molecule has 8 heteroatoms. The van der Waals surface area contributed by atoms with E-state index in [4.69, 9.17) is 30.5 Å². The first-order valence-corrected chi connectivity index (χ1v) is 10.3. The fourth-order valence-electron chi connectivity index (χ4n) is 4.00. The highest BCUT2D eigenvalue weighted by Gasteiger charge is 2.30. The van der Waals surface area contributed by atoms with E-state index in [1.807, 2.05) is 18.2 Å². The summed E-state index contributed by atoms with van der Waals surface area (Å²) in [5, 5.41) is 3.32. The number of methoxy groups -OCH3 is 2. The summed E-state index contributed by atoms with van der Waals surface area (Å²) in [6.07, 6.45) is 1.95. The Morgan fingerprint density at radius 3 is 2.67 bits per heavy atom. The molecule has 2 heterocycles. The number of ether oxygens (including phenoxy) is 4. The average molecular weight is 433 g/mol. The molecule has 1 saturated heterocycles. The van der Waals surface area contributed by atoms with E-state index < -0.39 is 0 Å². The lowest BCUT2D eigenvalue weighted by Gasteiger charge is -2.26. The van der Waals surface area contributed by atoms with Crippen LogP contribution in [0.25, 0.3) is 0 Å². The number of anilines is 1. The van der Waals surface area contributed by atoms with Gasteiger partial charge in [0.1, 0.15) is 24.7 Å². The monoisotopic (exact) mass is 432 g/mol. The first-order valence-electron chi connectivity index (χ1n) is 9.94. The molecule has 160 valence electrons. The Bertz CT molecular complexity index is 936. The topological polar surface area (TPSA) is 69.3 Å². The van der Waals surface area contributed by atoms with Crippen LogP contribution in [0.5, 0.6) is 23.0 Å². The van der Waals surface area contributed by atoms with Crippen molar-refractivity contribution in [1.29, 1.82) is 0 Å². The van der Waals surface area contributed by atoms with E-state index in [2.05, 4.69) is 10.2 Å². The number of hydrogen-bond acceptors (Lipinski definition) is 6. The standard InChI is InChI=1S/C22H25ClN2O5/c1-27-14-5-6-19(28-2)15(10-14)18-4-3-7-25(18)13-22(26)24-17-12-21-20(11-16(17)23)29-8-9-30-21/h5-6,10-12,18H,3-4,7-9,13H2,1-2H3,(H,24,26). The van der Waals surface area contributed by atoms with Crippen LogP contribution in [0.15, 0.2) is 30.3 Å². The maximum absolute atomic E-state index is 12.8. The van der Waals surface area contributed by atoms with Crippen molar-refractivity contribution in [1.82, 2.24) is 4.90 Å². The Balaban J connectivity index is 1.48. The third kappa shape index (κ3) is 4.27. The molecule has 2 aromatic carbocycles. The second-order valence-electron chi connectivity index (χ2n) is 7.26. The van der Waals surface area contributed by atoms with E-state index in [0.29, 0.717) is 35.4 Å². The maximum atomic E-state index is 12.8. The summed E-state index contributed by atoms with van der Waals surface area (Å²) in [5.74, 6) is 2.60. The van der Waals surface area contributed by atoms with Crippen LogP contribution >= 0.6 is 11.6 Å². The molecule has 2 aromatic rings. The van der Waals surface area contributed by atoms with Crippen LogP contribution in [0.4, 0.5) is 5.69 Å². The molecule has 1 unspecified atom stereocenters. The predicted octanol–water partition coefficient (Wildman–Crippen LogP) is 3.90. The summed E-state index contributed by atoms with van der Waals surface area (Å²) in [6, 6.07) is 9.22. The van der Waals surface area contributed by atoms with E-state index in [0.717, 1.165) is 36.4 Å². The highest BCUT2D eigenvalue weighted by Crippen LogP contribution is 2.40. The minimum absolute atomic E-state index is 0.0801. The van der Waals surface area contributed by atoms with Crippen LogP contribution in [0.2, 0.25) is 5.02 Å². The van der Waals surface area contributed by atoms with Crippen LogP contribution in [0.1, 0.15) is 24.4 Å². The van der Waals surface area contributed by atoms with Gasteiger partial charge in [0.2, 0.25) is 5.91 Å². The Hall–Kier alpha value is -2.64. The van der Waals surface area contributed by atoms with Crippen molar-refractivity contribution in [3.05, 3.63) is 40.9 Å². The molecule has 4 rings (SSSR count). The molecule has 7 nitrogen and oxygen atoms in total. The number of halogens is 1. The van der Waals surface area contributed by atoms with E-state index in [1.165, 1.54) is 0 Å². The summed E-state index contributed by atoms with van der Waals surface area (Å²) >= 11 is 6.33. The number of likely N-dealkylation sites (tertiary alicyclic amines) is 1. The molecule has 1 amide bonds. The molecule has 0 bridgehead atoms. The van der Waals surface area contributed by atoms with Gasteiger partial charge in [0.05, 0.1) is 31.5 Å². The third-order valence-corrected chi connectivity index (χ3v) is 5.72. The molecule has 2 aliphatic rings. The van der Waals surface area contributed by atoms with Gasteiger partial charge in [-0.15, -0.1) is 0 Å². The van der Waals surface area contributed by atoms with Gasteiger partial charge in [0, 0.05) is 23.7 Å². The molecule has 1 atom stereocenters. The third-order valence-electron chi connectivity index (χ3n) is 5.41. The van der Waals surface area contributed by atoms with Crippen molar-refractivity contribution in [3.8, 4) is 23.0 Å². The van der Waals surface area contributed by atoms with E-state index >= 15 is 0 Å². The van der Waals surface area contributed by atoms with Crippen molar-refractivity contribution < 1.29 is 23.7 Å². The molecule has 1 N–H and O–H groups in total. The summed E-state index contributed by atoms with van der Waals surface area (Å²) < 4.78 is 22.0. The minimum Gasteiger partial charge on any atom is -0.497 e. The average Bonchev–Trinajstić information content (AvgIpc) is 3.21. The van der Waals surface area contributed by atoms with E-state index in [9.17, 15) is 4.79 Å². The number of carbonyl (C=O) groups is 1. The number of benzene rings is 2. The zero-order valence-corrected chi connectivity index (χ0v) is 17.8. The number of rotatable bonds is 6. The Morgan fingerprint density at radius 1 is 1.17 bits per heavy atom. The smallest absolute Gasteiger partial charge is 0.238 e. The molecule has 0 radical (unpaired) electrons. The summed E-state index contributed by atoms with van der Waals surface area (Å²) in [6.45, 7) is 2.03. The molecule has 30 heavy (non-hydrogen) atoms. The van der Waals surface area contributed by atoms with Gasteiger partial charge < -0.3 is 24.3 Å². The Morgan fingerprint density at radius 2 is 1.93 bits per heavy atom. The maximum Gasteiger partial charge on any atom is 0.238 e. The van der Waals surface area contributed by atoms with Crippen molar-refractivity contribution >= 4 is 23.2 Å². The molecule has 0 saturated carbocycles. The van der Waals surface area contributed by atoms with Gasteiger partial charge in [-0.05, 0) is 37.6 Å². The van der Waals surface area contributed by atoms with Crippen molar-refractivity contribution in [2.24, 2.45) is 0 Å². The summed E-state index contributed by atoms with van der Waals surface area (Å²) in [7, 11) is 3.30. The summed E-state index contributed by atoms with van der Waals surface area (Å²) in [5.41, 5.74) is 1.54. The summed E-state index contributed by atoms with van der Waals surface area (Å²) in [4.78, 5) is 15.0. The van der Waals surface area contributed by atoms with Crippen LogP contribution in [0.3, 0.4) is 0 Å². The molecule has 0 aromatic heterocycles. The van der Waals surface area contributed by atoms with Gasteiger partial charge >= 0.3 is 0 Å². The first kappa shape index (κ1) is 20.6. The van der Waals surface area contributed by atoms with Crippen molar-refractivity contribution in [2.75, 3.05) is 45.8 Å². The quantitative estimate of drug-likeness (QED) is 0.746. The van der Waals surface area contributed by atoms with Gasteiger partial charge in [-0.1, -0.05) is 11.6 Å². The lowest BCUT2D eigenvalue weighted by molar-refractivity contribution is -0.117. The fraction of sp³-hybridized carbons (Fsp3) is 0.409. The van der Waals surface area contributed by atoms with Gasteiger partial charge in [-0.25, -0.2) is 0 Å². The van der Waals surface area contributed by atoms with Crippen LogP contribution in [-0.2, 0) is 4.79 Å². The van der Waals surface area contributed by atoms with Crippen LogP contribution < -0.4 is 24.3 Å². The van der Waals surface area contributed by atoms with Crippen LogP contribution in [-0.4, -0.2) is 51.3 Å². The normalized spacial score (nSPS) is 18.2. The second kappa shape index (κ2) is 9.02. The van der Waals surface area contributed by atoms with Crippen molar-refractivity contribution in [2.45, 2.75) is 18.9 Å². The molecular formula is C22H25ClN2O5. The molecular weight excluding hydrogens is 408 g/mol. The first-order chi connectivity index (χ1) is 14.6. The second-order valence-corrected chi connectivity index (χ2v) is 7.67. The molecule has 1 fully saturated rings. The van der Waals surface area contributed by atoms with Gasteiger partial charge in [0.25, 0.3) is 0 Å². The Labute approximate surface area is 180 Å². The Kier molecular flexibility index (Phi) is 6.20. The SMILES string of the molecule is COc1ccc(OC)c(C2CCCN2CC(=O)Nc2cc3c(cc2Cl)OCCO3)c1.